The minimum atomic E-state index is -0.372. The van der Waals surface area contributed by atoms with Gasteiger partial charge in [-0.05, 0) is 36.1 Å². The van der Waals surface area contributed by atoms with E-state index in [0.29, 0.717) is 17.4 Å². The van der Waals surface area contributed by atoms with Crippen LogP contribution >= 0.6 is 0 Å². The molecule has 5 heteroatoms. The van der Waals surface area contributed by atoms with Crippen LogP contribution in [0.4, 0.5) is 4.39 Å². The Labute approximate surface area is 122 Å². The highest BCUT2D eigenvalue weighted by molar-refractivity contribution is 5.96. The van der Waals surface area contributed by atoms with Crippen molar-refractivity contribution in [2.75, 3.05) is 6.61 Å². The van der Waals surface area contributed by atoms with Crippen LogP contribution in [0.2, 0.25) is 0 Å². The monoisotopic (exact) mass is 293 g/mol. The highest BCUT2D eigenvalue weighted by Crippen LogP contribution is 2.24. The average molecular weight is 293 g/mol. The number of halogens is 1. The van der Waals surface area contributed by atoms with Crippen molar-refractivity contribution in [1.29, 1.82) is 0 Å². The molecular weight excluding hydrogens is 273 g/mol. The SMILES string of the molecule is CC(C)(C)C(CCO)NC(=O)c1cc2cc(F)ccc2o1. The highest BCUT2D eigenvalue weighted by Gasteiger charge is 2.27. The highest BCUT2D eigenvalue weighted by atomic mass is 19.1. The summed E-state index contributed by atoms with van der Waals surface area (Å²) in [7, 11) is 0. The molecule has 4 nitrogen and oxygen atoms in total. The molecular formula is C16H20FNO3. The zero-order chi connectivity index (χ0) is 15.6. The second-order valence-corrected chi connectivity index (χ2v) is 6.20. The van der Waals surface area contributed by atoms with Crippen molar-refractivity contribution < 1.29 is 18.7 Å². The number of rotatable bonds is 4. The van der Waals surface area contributed by atoms with Gasteiger partial charge in [0, 0.05) is 18.0 Å². The minimum Gasteiger partial charge on any atom is -0.451 e. The summed E-state index contributed by atoms with van der Waals surface area (Å²) in [6, 6.07) is 5.45. The van der Waals surface area contributed by atoms with Gasteiger partial charge in [0.2, 0.25) is 0 Å². The van der Waals surface area contributed by atoms with E-state index in [0.717, 1.165) is 0 Å². The van der Waals surface area contributed by atoms with E-state index in [1.165, 1.54) is 24.3 Å². The summed E-state index contributed by atoms with van der Waals surface area (Å²) in [5.41, 5.74) is 0.285. The third-order valence-corrected chi connectivity index (χ3v) is 3.47. The van der Waals surface area contributed by atoms with Crippen LogP contribution in [0.15, 0.2) is 28.7 Å². The van der Waals surface area contributed by atoms with Gasteiger partial charge in [-0.1, -0.05) is 20.8 Å². The van der Waals surface area contributed by atoms with Gasteiger partial charge in [-0.2, -0.15) is 0 Å². The predicted molar refractivity (Wildman–Crippen MR) is 78.6 cm³/mol. The summed E-state index contributed by atoms with van der Waals surface area (Å²) in [6.45, 7) is 5.96. The quantitative estimate of drug-likeness (QED) is 0.910. The van der Waals surface area contributed by atoms with Crippen LogP contribution in [0, 0.1) is 11.2 Å². The number of hydrogen-bond acceptors (Lipinski definition) is 3. The average Bonchev–Trinajstić information content (AvgIpc) is 2.80. The van der Waals surface area contributed by atoms with Crippen molar-refractivity contribution in [3.8, 4) is 0 Å². The van der Waals surface area contributed by atoms with Crippen molar-refractivity contribution in [2.24, 2.45) is 5.41 Å². The molecule has 0 radical (unpaired) electrons. The summed E-state index contributed by atoms with van der Waals surface area (Å²) in [5.74, 6) is -0.592. The Bertz CT molecular complexity index is 642. The molecule has 1 amide bonds. The van der Waals surface area contributed by atoms with Crippen LogP contribution in [-0.4, -0.2) is 23.7 Å². The van der Waals surface area contributed by atoms with Crippen molar-refractivity contribution >= 4 is 16.9 Å². The van der Waals surface area contributed by atoms with Crippen LogP contribution in [0.25, 0.3) is 11.0 Å². The van der Waals surface area contributed by atoms with Crippen molar-refractivity contribution in [3.63, 3.8) is 0 Å². The molecule has 0 saturated carbocycles. The molecule has 2 aromatic rings. The van der Waals surface area contributed by atoms with Crippen LogP contribution in [0.5, 0.6) is 0 Å². The number of nitrogens with one attached hydrogen (secondary N) is 1. The Morgan fingerprint density at radius 3 is 2.71 bits per heavy atom. The number of furan rings is 1. The lowest BCUT2D eigenvalue weighted by molar-refractivity contribution is 0.0859. The van der Waals surface area contributed by atoms with E-state index in [9.17, 15) is 9.18 Å². The van der Waals surface area contributed by atoms with E-state index < -0.39 is 0 Å². The smallest absolute Gasteiger partial charge is 0.287 e. The number of carbonyl (C=O) groups is 1. The first kappa shape index (κ1) is 15.5. The van der Waals surface area contributed by atoms with E-state index in [1.807, 2.05) is 20.8 Å². The third kappa shape index (κ3) is 3.61. The van der Waals surface area contributed by atoms with Gasteiger partial charge in [-0.15, -0.1) is 0 Å². The molecule has 2 N–H and O–H groups in total. The Morgan fingerprint density at radius 2 is 2.10 bits per heavy atom. The van der Waals surface area contributed by atoms with Crippen LogP contribution < -0.4 is 5.32 Å². The topological polar surface area (TPSA) is 62.5 Å². The van der Waals surface area contributed by atoms with E-state index >= 15 is 0 Å². The van der Waals surface area contributed by atoms with Crippen LogP contribution in [0.3, 0.4) is 0 Å². The van der Waals surface area contributed by atoms with Crippen molar-refractivity contribution in [3.05, 3.63) is 35.8 Å². The number of aliphatic hydroxyl groups excluding tert-OH is 1. The summed E-state index contributed by atoms with van der Waals surface area (Å²) in [4.78, 5) is 12.3. The van der Waals surface area contributed by atoms with Gasteiger partial charge in [0.25, 0.3) is 5.91 Å². The fourth-order valence-corrected chi connectivity index (χ4v) is 2.21. The molecule has 0 saturated heterocycles. The maximum Gasteiger partial charge on any atom is 0.287 e. The molecule has 0 spiro atoms. The first-order valence-electron chi connectivity index (χ1n) is 6.92. The maximum atomic E-state index is 13.1. The lowest BCUT2D eigenvalue weighted by atomic mass is 9.85. The van der Waals surface area contributed by atoms with E-state index in [2.05, 4.69) is 5.32 Å². The number of amides is 1. The van der Waals surface area contributed by atoms with Gasteiger partial charge in [0.15, 0.2) is 5.76 Å². The molecule has 0 aliphatic rings. The Kier molecular flexibility index (Phi) is 4.32. The molecule has 1 aromatic carbocycles. The lowest BCUT2D eigenvalue weighted by Crippen LogP contribution is -2.44. The van der Waals surface area contributed by atoms with Crippen LogP contribution in [0.1, 0.15) is 37.7 Å². The predicted octanol–water partition coefficient (Wildman–Crippen LogP) is 3.10. The van der Waals surface area contributed by atoms with E-state index in [4.69, 9.17) is 9.52 Å². The molecule has 1 heterocycles. The molecule has 1 atom stereocenters. The Balaban J connectivity index is 2.21. The standard InChI is InChI=1S/C16H20FNO3/c1-16(2,3)14(6-7-19)18-15(20)13-9-10-8-11(17)4-5-12(10)21-13/h4-5,8-9,14,19H,6-7H2,1-3H3,(H,18,20). The lowest BCUT2D eigenvalue weighted by Gasteiger charge is -2.30. The van der Waals surface area contributed by atoms with E-state index in [1.54, 1.807) is 0 Å². The first-order valence-corrected chi connectivity index (χ1v) is 6.92. The summed E-state index contributed by atoms with van der Waals surface area (Å²) < 4.78 is 18.6. The summed E-state index contributed by atoms with van der Waals surface area (Å²) in [5, 5.41) is 12.5. The molecule has 21 heavy (non-hydrogen) atoms. The van der Waals surface area contributed by atoms with Crippen molar-refractivity contribution in [1.82, 2.24) is 5.32 Å². The molecule has 0 aliphatic carbocycles. The second kappa shape index (κ2) is 5.85. The maximum absolute atomic E-state index is 13.1. The molecule has 114 valence electrons. The number of hydrogen-bond donors (Lipinski definition) is 2. The fraction of sp³-hybridized carbons (Fsp3) is 0.438. The largest absolute Gasteiger partial charge is 0.451 e. The number of benzene rings is 1. The molecule has 1 unspecified atom stereocenters. The molecule has 1 aromatic heterocycles. The third-order valence-electron chi connectivity index (χ3n) is 3.47. The van der Waals surface area contributed by atoms with Gasteiger partial charge in [-0.3, -0.25) is 4.79 Å². The zero-order valence-electron chi connectivity index (χ0n) is 12.4. The number of fused-ring (bicyclic) bond motifs is 1. The normalized spacial score (nSPS) is 13.4. The van der Waals surface area contributed by atoms with E-state index in [-0.39, 0.29) is 35.5 Å². The van der Waals surface area contributed by atoms with Gasteiger partial charge in [0.05, 0.1) is 0 Å². The van der Waals surface area contributed by atoms with Crippen molar-refractivity contribution in [2.45, 2.75) is 33.2 Å². The molecule has 2 rings (SSSR count). The first-order chi connectivity index (χ1) is 9.81. The minimum absolute atomic E-state index is 0.00639. The number of aliphatic hydroxyl groups is 1. The summed E-state index contributed by atoms with van der Waals surface area (Å²) in [6.07, 6.45) is 0.462. The second-order valence-electron chi connectivity index (χ2n) is 6.20. The zero-order valence-corrected chi connectivity index (χ0v) is 12.4. The summed E-state index contributed by atoms with van der Waals surface area (Å²) >= 11 is 0. The molecule has 0 fully saturated rings. The van der Waals surface area contributed by atoms with Gasteiger partial charge >= 0.3 is 0 Å². The fourth-order valence-electron chi connectivity index (χ4n) is 2.21. The number of carbonyl (C=O) groups excluding carboxylic acids is 1. The Morgan fingerprint density at radius 1 is 1.38 bits per heavy atom. The molecule has 0 aliphatic heterocycles. The van der Waals surface area contributed by atoms with Gasteiger partial charge < -0.3 is 14.8 Å². The van der Waals surface area contributed by atoms with Crippen LogP contribution in [-0.2, 0) is 0 Å². The Hall–Kier alpha value is -1.88. The van der Waals surface area contributed by atoms with Gasteiger partial charge in [0.1, 0.15) is 11.4 Å². The van der Waals surface area contributed by atoms with Gasteiger partial charge in [-0.25, -0.2) is 4.39 Å². The molecule has 0 bridgehead atoms.